The topological polar surface area (TPSA) is 111 Å². The quantitative estimate of drug-likeness (QED) is 0.552. The lowest BCUT2D eigenvalue weighted by atomic mass is 10.2. The number of hydrogen-bond donors (Lipinski definition) is 2. The van der Waals surface area contributed by atoms with Gasteiger partial charge in [-0.1, -0.05) is 6.07 Å². The molecule has 0 bridgehead atoms. The number of nitrogens with one attached hydrogen (secondary N) is 2. The average Bonchev–Trinajstić information content (AvgIpc) is 2.70. The zero-order chi connectivity index (χ0) is 22.3. The van der Waals surface area contributed by atoms with Crippen LogP contribution < -0.4 is 15.4 Å². The Kier molecular flexibility index (Phi) is 6.96. The summed E-state index contributed by atoms with van der Waals surface area (Å²) in [6.07, 6.45) is 2.71. The summed E-state index contributed by atoms with van der Waals surface area (Å²) in [5, 5.41) is 5.81. The minimum Gasteiger partial charge on any atom is -0.492 e. The number of carbonyl (C=O) groups is 1. The van der Waals surface area contributed by atoms with Crippen LogP contribution in [-0.2, 0) is 4.74 Å². The van der Waals surface area contributed by atoms with Crippen LogP contribution in [0.5, 0.6) is 5.75 Å². The van der Waals surface area contributed by atoms with E-state index in [1.165, 1.54) is 6.33 Å². The van der Waals surface area contributed by atoms with Crippen molar-refractivity contribution in [2.75, 3.05) is 18.5 Å². The van der Waals surface area contributed by atoms with Gasteiger partial charge in [0.2, 0.25) is 5.95 Å². The minimum absolute atomic E-state index is 0.306. The molecular formula is C22H26N6O3. The van der Waals surface area contributed by atoms with E-state index in [-0.39, 0.29) is 0 Å². The van der Waals surface area contributed by atoms with Crippen molar-refractivity contribution in [3.63, 3.8) is 0 Å². The van der Waals surface area contributed by atoms with E-state index < -0.39 is 11.7 Å². The van der Waals surface area contributed by atoms with Crippen LogP contribution in [0.1, 0.15) is 26.5 Å². The van der Waals surface area contributed by atoms with Gasteiger partial charge in [-0.05, 0) is 52.0 Å². The number of pyridine rings is 1. The molecule has 0 aliphatic heterocycles. The van der Waals surface area contributed by atoms with Crippen molar-refractivity contribution < 1.29 is 14.3 Å². The first-order valence-corrected chi connectivity index (χ1v) is 9.87. The van der Waals surface area contributed by atoms with Gasteiger partial charge in [-0.25, -0.2) is 14.8 Å². The third-order valence-electron chi connectivity index (χ3n) is 3.86. The maximum absolute atomic E-state index is 11.7. The molecule has 162 valence electrons. The van der Waals surface area contributed by atoms with Gasteiger partial charge in [0.25, 0.3) is 0 Å². The van der Waals surface area contributed by atoms with Crippen molar-refractivity contribution in [1.29, 1.82) is 0 Å². The Labute approximate surface area is 181 Å². The molecule has 0 fully saturated rings. The number of alkyl carbamates (subject to hydrolysis) is 1. The molecule has 9 heteroatoms. The van der Waals surface area contributed by atoms with E-state index in [0.717, 1.165) is 16.9 Å². The molecule has 0 saturated carbocycles. The highest BCUT2D eigenvalue weighted by molar-refractivity contribution is 5.67. The smallest absolute Gasteiger partial charge is 0.407 e. The number of aromatic nitrogens is 4. The standard InChI is InChI=1S/C22H26N6O3/c1-15-12-16(8-9-23-15)19-25-14-26-20(28-19)27-17-6-5-7-18(13-17)30-11-10-24-21(29)31-22(2,3)4/h5-9,12-14H,10-11H2,1-4H3,(H,24,29)(H,25,26,27,28). The van der Waals surface area contributed by atoms with Gasteiger partial charge in [0.1, 0.15) is 24.3 Å². The molecule has 0 aliphatic carbocycles. The van der Waals surface area contributed by atoms with Gasteiger partial charge < -0.3 is 20.1 Å². The van der Waals surface area contributed by atoms with Gasteiger partial charge in [0, 0.05) is 29.2 Å². The molecule has 0 spiro atoms. The molecule has 1 amide bonds. The summed E-state index contributed by atoms with van der Waals surface area (Å²) in [5.74, 6) is 1.63. The van der Waals surface area contributed by atoms with Crippen molar-refractivity contribution in [3.8, 4) is 17.1 Å². The van der Waals surface area contributed by atoms with Crippen LogP contribution in [0.15, 0.2) is 48.9 Å². The molecule has 0 saturated heterocycles. The largest absolute Gasteiger partial charge is 0.492 e. The molecule has 0 unspecified atom stereocenters. The molecular weight excluding hydrogens is 396 g/mol. The highest BCUT2D eigenvalue weighted by Gasteiger charge is 2.15. The summed E-state index contributed by atoms with van der Waals surface area (Å²) in [6, 6.07) is 11.2. The van der Waals surface area contributed by atoms with Crippen LogP contribution >= 0.6 is 0 Å². The number of benzene rings is 1. The van der Waals surface area contributed by atoms with Crippen molar-refractivity contribution in [1.82, 2.24) is 25.3 Å². The van der Waals surface area contributed by atoms with Gasteiger partial charge in [-0.15, -0.1) is 0 Å². The van der Waals surface area contributed by atoms with Gasteiger partial charge >= 0.3 is 6.09 Å². The van der Waals surface area contributed by atoms with E-state index in [0.29, 0.717) is 30.7 Å². The molecule has 0 aliphatic rings. The third kappa shape index (κ3) is 7.22. The number of nitrogens with zero attached hydrogens (tertiary/aromatic N) is 4. The molecule has 2 heterocycles. The van der Waals surface area contributed by atoms with Crippen LogP contribution in [-0.4, -0.2) is 44.8 Å². The number of aryl methyl sites for hydroxylation is 1. The van der Waals surface area contributed by atoms with Gasteiger partial charge in [-0.3, -0.25) is 4.98 Å². The lowest BCUT2D eigenvalue weighted by Gasteiger charge is -2.19. The second-order valence-electron chi connectivity index (χ2n) is 7.75. The summed E-state index contributed by atoms with van der Waals surface area (Å²) in [6.45, 7) is 7.99. The van der Waals surface area contributed by atoms with Crippen molar-refractivity contribution in [2.24, 2.45) is 0 Å². The van der Waals surface area contributed by atoms with E-state index in [2.05, 4.69) is 30.6 Å². The minimum atomic E-state index is -0.532. The zero-order valence-electron chi connectivity index (χ0n) is 18.0. The number of carbonyl (C=O) groups excluding carboxylic acids is 1. The summed E-state index contributed by atoms with van der Waals surface area (Å²) in [7, 11) is 0. The van der Waals surface area contributed by atoms with Crippen LogP contribution in [0.2, 0.25) is 0 Å². The predicted octanol–water partition coefficient (Wildman–Crippen LogP) is 3.89. The summed E-state index contributed by atoms with van der Waals surface area (Å²) in [5.41, 5.74) is 1.99. The Morgan fingerprint density at radius 2 is 1.94 bits per heavy atom. The van der Waals surface area contributed by atoms with Crippen molar-refractivity contribution in [3.05, 3.63) is 54.6 Å². The SMILES string of the molecule is Cc1cc(-c2ncnc(Nc3cccc(OCCNC(=O)OC(C)(C)C)c3)n2)ccn1. The third-order valence-corrected chi connectivity index (χ3v) is 3.86. The fourth-order valence-corrected chi connectivity index (χ4v) is 2.61. The zero-order valence-corrected chi connectivity index (χ0v) is 18.0. The van der Waals surface area contributed by atoms with E-state index in [1.807, 2.05) is 64.1 Å². The van der Waals surface area contributed by atoms with E-state index >= 15 is 0 Å². The van der Waals surface area contributed by atoms with E-state index in [4.69, 9.17) is 9.47 Å². The number of ether oxygens (including phenoxy) is 2. The Balaban J connectivity index is 1.56. The molecule has 31 heavy (non-hydrogen) atoms. The molecule has 1 aromatic carbocycles. The molecule has 2 N–H and O–H groups in total. The Morgan fingerprint density at radius 3 is 2.71 bits per heavy atom. The van der Waals surface area contributed by atoms with Gasteiger partial charge in [0.15, 0.2) is 5.82 Å². The maximum atomic E-state index is 11.7. The second-order valence-corrected chi connectivity index (χ2v) is 7.75. The maximum Gasteiger partial charge on any atom is 0.407 e. The Morgan fingerprint density at radius 1 is 1.10 bits per heavy atom. The molecule has 9 nitrogen and oxygen atoms in total. The highest BCUT2D eigenvalue weighted by atomic mass is 16.6. The summed E-state index contributed by atoms with van der Waals surface area (Å²) < 4.78 is 10.9. The van der Waals surface area contributed by atoms with Crippen molar-refractivity contribution in [2.45, 2.75) is 33.3 Å². The average molecular weight is 422 g/mol. The monoisotopic (exact) mass is 422 g/mol. The Bertz CT molecular complexity index is 1040. The number of amides is 1. The van der Waals surface area contributed by atoms with Crippen molar-refractivity contribution >= 4 is 17.7 Å². The van der Waals surface area contributed by atoms with Gasteiger partial charge in [-0.2, -0.15) is 4.98 Å². The van der Waals surface area contributed by atoms with Crippen LogP contribution in [0.3, 0.4) is 0 Å². The van der Waals surface area contributed by atoms with E-state index in [1.54, 1.807) is 6.20 Å². The molecule has 3 aromatic rings. The molecule has 2 aromatic heterocycles. The number of hydrogen-bond acceptors (Lipinski definition) is 8. The lowest BCUT2D eigenvalue weighted by molar-refractivity contribution is 0.0520. The molecule has 3 rings (SSSR count). The fourth-order valence-electron chi connectivity index (χ4n) is 2.61. The summed E-state index contributed by atoms with van der Waals surface area (Å²) in [4.78, 5) is 28.7. The second kappa shape index (κ2) is 9.84. The molecule has 0 radical (unpaired) electrons. The van der Waals surface area contributed by atoms with Crippen LogP contribution in [0, 0.1) is 6.92 Å². The van der Waals surface area contributed by atoms with Gasteiger partial charge in [0.05, 0.1) is 6.54 Å². The number of anilines is 2. The summed E-state index contributed by atoms with van der Waals surface area (Å²) >= 11 is 0. The molecule has 0 atom stereocenters. The van der Waals surface area contributed by atoms with E-state index in [9.17, 15) is 4.79 Å². The fraction of sp³-hybridized carbons (Fsp3) is 0.318. The van der Waals surface area contributed by atoms with Crippen LogP contribution in [0.4, 0.5) is 16.4 Å². The highest BCUT2D eigenvalue weighted by Crippen LogP contribution is 2.21. The predicted molar refractivity (Wildman–Crippen MR) is 117 cm³/mol. The first kappa shape index (κ1) is 21.9. The lowest BCUT2D eigenvalue weighted by Crippen LogP contribution is -2.34. The van der Waals surface area contributed by atoms with Crippen LogP contribution in [0.25, 0.3) is 11.4 Å². The first-order valence-electron chi connectivity index (χ1n) is 9.87. The Hall–Kier alpha value is -3.75. The first-order chi connectivity index (χ1) is 14.8. The number of rotatable bonds is 7. The normalized spacial score (nSPS) is 11.0.